The van der Waals surface area contributed by atoms with Crippen molar-refractivity contribution in [2.24, 2.45) is 0 Å². The molecule has 0 unspecified atom stereocenters. The lowest BCUT2D eigenvalue weighted by Gasteiger charge is -1.98. The van der Waals surface area contributed by atoms with Gasteiger partial charge in [-0.25, -0.2) is 9.78 Å². The number of ether oxygens (including phenoxy) is 1. The highest BCUT2D eigenvalue weighted by Crippen LogP contribution is 2.19. The fourth-order valence-corrected chi connectivity index (χ4v) is 1.72. The number of imidazole rings is 1. The zero-order valence-electron chi connectivity index (χ0n) is 9.01. The third-order valence-corrected chi connectivity index (χ3v) is 2.51. The first kappa shape index (κ1) is 11.6. The van der Waals surface area contributed by atoms with E-state index in [1.807, 2.05) is 0 Å². The second-order valence-electron chi connectivity index (χ2n) is 3.23. The van der Waals surface area contributed by atoms with E-state index >= 15 is 0 Å². The zero-order valence-corrected chi connectivity index (χ0v) is 9.77. The molecular formula is C11H9ClN2O3. The van der Waals surface area contributed by atoms with E-state index in [9.17, 15) is 9.59 Å². The lowest BCUT2D eigenvalue weighted by atomic mass is 10.3. The Morgan fingerprint density at radius 2 is 2.41 bits per heavy atom. The van der Waals surface area contributed by atoms with Gasteiger partial charge in [0.2, 0.25) is 0 Å². The Bertz CT molecular complexity index is 592. The smallest absolute Gasteiger partial charge is 0.359 e. The van der Waals surface area contributed by atoms with Crippen molar-refractivity contribution in [3.63, 3.8) is 0 Å². The molecule has 0 aliphatic carbocycles. The van der Waals surface area contributed by atoms with Crippen LogP contribution in [-0.2, 0) is 4.74 Å². The molecule has 2 aromatic rings. The van der Waals surface area contributed by atoms with Crippen LogP contribution in [-0.4, -0.2) is 28.2 Å². The lowest BCUT2D eigenvalue weighted by Crippen LogP contribution is -2.08. The predicted molar refractivity (Wildman–Crippen MR) is 61.5 cm³/mol. The van der Waals surface area contributed by atoms with Crippen LogP contribution in [0.1, 0.15) is 27.9 Å². The van der Waals surface area contributed by atoms with Crippen LogP contribution in [0.5, 0.6) is 0 Å². The van der Waals surface area contributed by atoms with Crippen LogP contribution < -0.4 is 0 Å². The van der Waals surface area contributed by atoms with Crippen LogP contribution in [0.2, 0.25) is 5.02 Å². The molecule has 0 aliphatic rings. The molecule has 2 rings (SSSR count). The summed E-state index contributed by atoms with van der Waals surface area (Å²) >= 11 is 5.93. The number of fused-ring (bicyclic) bond motifs is 1. The lowest BCUT2D eigenvalue weighted by molar-refractivity contribution is 0.0518. The van der Waals surface area contributed by atoms with Gasteiger partial charge in [0.1, 0.15) is 5.69 Å². The van der Waals surface area contributed by atoms with Crippen molar-refractivity contribution >= 4 is 29.5 Å². The number of nitrogens with zero attached hydrogens (tertiary/aromatic N) is 2. The average molecular weight is 253 g/mol. The molecule has 0 aromatic carbocycles. The van der Waals surface area contributed by atoms with Crippen LogP contribution in [0.25, 0.3) is 5.65 Å². The van der Waals surface area contributed by atoms with Crippen molar-refractivity contribution in [1.29, 1.82) is 0 Å². The number of esters is 1. The molecule has 0 bridgehead atoms. The summed E-state index contributed by atoms with van der Waals surface area (Å²) in [6.07, 6.45) is 2.17. The number of carbonyl (C=O) groups excluding carboxylic acids is 2. The van der Waals surface area contributed by atoms with Gasteiger partial charge in [0, 0.05) is 6.20 Å². The summed E-state index contributed by atoms with van der Waals surface area (Å²) in [5, 5.41) is 0.367. The number of carbonyl (C=O) groups is 2. The van der Waals surface area contributed by atoms with Crippen molar-refractivity contribution < 1.29 is 14.3 Å². The summed E-state index contributed by atoms with van der Waals surface area (Å²) in [6.45, 7) is 1.90. The van der Waals surface area contributed by atoms with Crippen LogP contribution in [0, 0.1) is 0 Å². The molecule has 17 heavy (non-hydrogen) atoms. The highest BCUT2D eigenvalue weighted by molar-refractivity contribution is 6.33. The maximum absolute atomic E-state index is 11.6. The van der Waals surface area contributed by atoms with Crippen LogP contribution in [0.3, 0.4) is 0 Å². The van der Waals surface area contributed by atoms with Gasteiger partial charge in [-0.1, -0.05) is 11.6 Å². The standard InChI is InChI=1S/C11H9ClN2O3/c1-2-17-11(16)9-8(6-15)14-5-3-4-7(12)10(14)13-9/h3-6H,2H2,1H3. The number of hydrogen-bond donors (Lipinski definition) is 0. The van der Waals surface area contributed by atoms with E-state index in [0.29, 0.717) is 17.0 Å². The normalized spacial score (nSPS) is 10.5. The van der Waals surface area contributed by atoms with Gasteiger partial charge in [0.25, 0.3) is 0 Å². The Morgan fingerprint density at radius 1 is 1.65 bits per heavy atom. The monoisotopic (exact) mass is 252 g/mol. The minimum atomic E-state index is -0.630. The van der Waals surface area contributed by atoms with Gasteiger partial charge in [-0.15, -0.1) is 0 Å². The maximum atomic E-state index is 11.6. The zero-order chi connectivity index (χ0) is 12.4. The molecule has 0 aliphatic heterocycles. The third-order valence-electron chi connectivity index (χ3n) is 2.22. The average Bonchev–Trinajstić information content (AvgIpc) is 2.69. The Morgan fingerprint density at radius 3 is 3.06 bits per heavy atom. The van der Waals surface area contributed by atoms with Crippen LogP contribution >= 0.6 is 11.6 Å². The molecule has 0 amide bonds. The minimum Gasteiger partial charge on any atom is -0.461 e. The van der Waals surface area contributed by atoms with E-state index in [1.54, 1.807) is 25.3 Å². The third kappa shape index (κ3) is 1.89. The summed E-state index contributed by atoms with van der Waals surface area (Å²) < 4.78 is 6.28. The number of hydrogen-bond acceptors (Lipinski definition) is 4. The van der Waals surface area contributed by atoms with E-state index < -0.39 is 5.97 Å². The SMILES string of the molecule is CCOC(=O)c1nc2c(Cl)cccn2c1C=O. The summed E-state index contributed by atoms with van der Waals surface area (Å²) in [6, 6.07) is 3.30. The fraction of sp³-hybridized carbons (Fsp3) is 0.182. The van der Waals surface area contributed by atoms with Crippen LogP contribution in [0.4, 0.5) is 0 Å². The first-order valence-corrected chi connectivity index (χ1v) is 5.35. The van der Waals surface area contributed by atoms with Crippen molar-refractivity contribution in [3.8, 4) is 0 Å². The first-order valence-electron chi connectivity index (χ1n) is 4.98. The highest BCUT2D eigenvalue weighted by Gasteiger charge is 2.20. The number of halogens is 1. The Hall–Kier alpha value is -1.88. The van der Waals surface area contributed by atoms with Crippen molar-refractivity contribution in [1.82, 2.24) is 9.38 Å². The number of aromatic nitrogens is 2. The Kier molecular flexibility index (Phi) is 3.10. The van der Waals surface area contributed by atoms with Gasteiger partial charge in [0.05, 0.1) is 11.6 Å². The summed E-state index contributed by atoms with van der Waals surface area (Å²) in [7, 11) is 0. The number of pyridine rings is 1. The maximum Gasteiger partial charge on any atom is 0.359 e. The molecule has 5 nitrogen and oxygen atoms in total. The van der Waals surface area contributed by atoms with Crippen molar-refractivity contribution in [2.75, 3.05) is 6.61 Å². The van der Waals surface area contributed by atoms with Gasteiger partial charge in [-0.3, -0.25) is 9.20 Å². The van der Waals surface area contributed by atoms with Crippen LogP contribution in [0.15, 0.2) is 18.3 Å². The van der Waals surface area contributed by atoms with E-state index in [4.69, 9.17) is 16.3 Å². The van der Waals surface area contributed by atoms with Gasteiger partial charge in [0.15, 0.2) is 17.6 Å². The Labute approximate surface area is 102 Å². The summed E-state index contributed by atoms with van der Waals surface area (Å²) in [4.78, 5) is 26.6. The van der Waals surface area contributed by atoms with E-state index in [2.05, 4.69) is 4.98 Å². The predicted octanol–water partition coefficient (Wildman–Crippen LogP) is 1.98. The second kappa shape index (κ2) is 4.55. The van der Waals surface area contributed by atoms with Crippen molar-refractivity contribution in [3.05, 3.63) is 34.7 Å². The molecule has 2 aromatic heterocycles. The summed E-state index contributed by atoms with van der Waals surface area (Å²) in [5.41, 5.74) is 0.482. The first-order chi connectivity index (χ1) is 8.19. The van der Waals surface area contributed by atoms with E-state index in [0.717, 1.165) is 0 Å². The highest BCUT2D eigenvalue weighted by atomic mass is 35.5. The molecule has 88 valence electrons. The topological polar surface area (TPSA) is 60.7 Å². The van der Waals surface area contributed by atoms with Gasteiger partial charge < -0.3 is 4.74 Å². The van der Waals surface area contributed by atoms with Gasteiger partial charge in [-0.05, 0) is 19.1 Å². The fourth-order valence-electron chi connectivity index (χ4n) is 1.51. The molecule has 0 fully saturated rings. The number of rotatable bonds is 3. The largest absolute Gasteiger partial charge is 0.461 e. The van der Waals surface area contributed by atoms with Crippen molar-refractivity contribution in [2.45, 2.75) is 6.92 Å². The molecule has 2 heterocycles. The molecular weight excluding hydrogens is 244 g/mol. The Balaban J connectivity index is 2.68. The molecule has 0 spiro atoms. The van der Waals surface area contributed by atoms with Gasteiger partial charge in [-0.2, -0.15) is 0 Å². The molecule has 0 radical (unpaired) electrons. The van der Waals surface area contributed by atoms with Gasteiger partial charge >= 0.3 is 5.97 Å². The molecule has 6 heteroatoms. The molecule has 0 N–H and O–H groups in total. The molecule has 0 saturated heterocycles. The minimum absolute atomic E-state index is 0.0186. The summed E-state index contributed by atoms with van der Waals surface area (Å²) in [5.74, 6) is -0.630. The van der Waals surface area contributed by atoms with E-state index in [1.165, 1.54) is 4.40 Å². The number of aldehydes is 1. The molecule has 0 atom stereocenters. The second-order valence-corrected chi connectivity index (χ2v) is 3.64. The molecule has 0 saturated carbocycles. The van der Waals surface area contributed by atoms with E-state index in [-0.39, 0.29) is 18.0 Å². The quantitative estimate of drug-likeness (QED) is 0.619.